The summed E-state index contributed by atoms with van der Waals surface area (Å²) in [5.74, 6) is -1.06. The van der Waals surface area contributed by atoms with Crippen LogP contribution in [0.3, 0.4) is 0 Å². The van der Waals surface area contributed by atoms with Gasteiger partial charge in [0.2, 0.25) is 17.7 Å². The van der Waals surface area contributed by atoms with Crippen LogP contribution < -0.4 is 10.6 Å². The van der Waals surface area contributed by atoms with Crippen LogP contribution in [0.2, 0.25) is 0 Å². The highest BCUT2D eigenvalue weighted by molar-refractivity contribution is 5.92. The Morgan fingerprint density at radius 1 is 1.17 bits per heavy atom. The molecule has 2 rings (SSSR count). The van der Waals surface area contributed by atoms with E-state index in [1.807, 2.05) is 44.2 Å². The van der Waals surface area contributed by atoms with E-state index in [-0.39, 0.29) is 24.2 Å². The summed E-state index contributed by atoms with van der Waals surface area (Å²) < 4.78 is 0. The molecule has 1 aromatic carbocycles. The molecule has 1 aromatic rings. The Kier molecular flexibility index (Phi) is 8.80. The fourth-order valence-electron chi connectivity index (χ4n) is 3.76. The predicted molar refractivity (Wildman–Crippen MR) is 112 cm³/mol. The van der Waals surface area contributed by atoms with Crippen LogP contribution >= 0.6 is 0 Å². The van der Waals surface area contributed by atoms with Crippen molar-refractivity contribution in [3.8, 4) is 0 Å². The maximum Gasteiger partial charge on any atom is 0.246 e. The van der Waals surface area contributed by atoms with Crippen LogP contribution in [0.1, 0.15) is 45.6 Å². The van der Waals surface area contributed by atoms with Crippen molar-refractivity contribution < 1.29 is 24.6 Å². The van der Waals surface area contributed by atoms with E-state index < -0.39 is 30.3 Å². The minimum absolute atomic E-state index is 0.0733. The summed E-state index contributed by atoms with van der Waals surface area (Å²) in [7, 11) is 0. The van der Waals surface area contributed by atoms with E-state index in [9.17, 15) is 24.6 Å². The highest BCUT2D eigenvalue weighted by Crippen LogP contribution is 2.22. The van der Waals surface area contributed by atoms with Crippen molar-refractivity contribution in [2.24, 2.45) is 5.92 Å². The van der Waals surface area contributed by atoms with Gasteiger partial charge in [0.1, 0.15) is 12.1 Å². The van der Waals surface area contributed by atoms with Gasteiger partial charge in [-0.3, -0.25) is 14.4 Å². The highest BCUT2D eigenvalue weighted by Gasteiger charge is 2.39. The lowest BCUT2D eigenvalue weighted by Crippen LogP contribution is -2.57. The van der Waals surface area contributed by atoms with Gasteiger partial charge in [-0.1, -0.05) is 50.6 Å². The molecule has 1 aliphatic rings. The van der Waals surface area contributed by atoms with Crippen LogP contribution in [-0.2, 0) is 20.8 Å². The van der Waals surface area contributed by atoms with E-state index in [1.54, 1.807) is 0 Å². The normalized spacial score (nSPS) is 19.3. The molecule has 0 spiro atoms. The molecule has 0 bridgehead atoms. The van der Waals surface area contributed by atoms with Crippen molar-refractivity contribution in [1.82, 2.24) is 15.5 Å². The summed E-state index contributed by atoms with van der Waals surface area (Å²) in [5.41, 5.74) is 0.859. The van der Waals surface area contributed by atoms with E-state index in [0.29, 0.717) is 25.8 Å². The lowest BCUT2D eigenvalue weighted by Gasteiger charge is -2.32. The molecule has 1 heterocycles. The molecule has 1 fully saturated rings. The predicted octanol–water partition coefficient (Wildman–Crippen LogP) is 0.566. The molecule has 8 heteroatoms. The number of amides is 3. The smallest absolute Gasteiger partial charge is 0.246 e. The molecule has 4 N–H and O–H groups in total. The zero-order chi connectivity index (χ0) is 22.3. The molecule has 1 saturated heterocycles. The number of aliphatic hydroxyl groups excluding tert-OH is 1. The van der Waals surface area contributed by atoms with E-state index >= 15 is 0 Å². The van der Waals surface area contributed by atoms with Crippen LogP contribution in [-0.4, -0.2) is 63.8 Å². The fraction of sp³-hybridized carbons (Fsp3) is 0.591. The van der Waals surface area contributed by atoms with Gasteiger partial charge in [-0.15, -0.1) is 0 Å². The van der Waals surface area contributed by atoms with Crippen LogP contribution in [0.4, 0.5) is 0 Å². The first kappa shape index (κ1) is 23.8. The second-order valence-electron chi connectivity index (χ2n) is 7.97. The van der Waals surface area contributed by atoms with E-state index in [2.05, 4.69) is 10.6 Å². The van der Waals surface area contributed by atoms with Crippen LogP contribution in [0.25, 0.3) is 0 Å². The van der Waals surface area contributed by atoms with Gasteiger partial charge in [-0.25, -0.2) is 0 Å². The SMILES string of the molecule is CC[C@H](C)[C@H](NC(C)=O)C(=O)N1CCC[C@H]1C(=O)N[C@@H](Cc1ccccc1)C(O)O. The van der Waals surface area contributed by atoms with Gasteiger partial charge >= 0.3 is 0 Å². The second kappa shape index (κ2) is 11.1. The minimum Gasteiger partial charge on any atom is -0.366 e. The Bertz CT molecular complexity index is 725. The molecule has 1 aliphatic heterocycles. The maximum atomic E-state index is 13.1. The van der Waals surface area contributed by atoms with Gasteiger partial charge in [0, 0.05) is 13.5 Å². The van der Waals surface area contributed by atoms with Gasteiger partial charge in [0.15, 0.2) is 6.29 Å². The summed E-state index contributed by atoms with van der Waals surface area (Å²) in [6.45, 7) is 5.63. The quantitative estimate of drug-likeness (QED) is 0.436. The lowest BCUT2D eigenvalue weighted by atomic mass is 9.97. The Hall–Kier alpha value is -2.45. The summed E-state index contributed by atoms with van der Waals surface area (Å²) in [6.07, 6.45) is 0.392. The Morgan fingerprint density at radius 2 is 1.83 bits per heavy atom. The summed E-state index contributed by atoms with van der Waals surface area (Å²) >= 11 is 0. The van der Waals surface area contributed by atoms with Gasteiger partial charge in [-0.2, -0.15) is 0 Å². The number of hydrogen-bond donors (Lipinski definition) is 4. The largest absolute Gasteiger partial charge is 0.366 e. The van der Waals surface area contributed by atoms with E-state index in [0.717, 1.165) is 5.56 Å². The molecular formula is C22H33N3O5. The Labute approximate surface area is 177 Å². The first-order chi connectivity index (χ1) is 14.2. The number of aliphatic hydroxyl groups is 2. The second-order valence-corrected chi connectivity index (χ2v) is 7.97. The number of likely N-dealkylation sites (tertiary alicyclic amines) is 1. The zero-order valence-electron chi connectivity index (χ0n) is 17.9. The fourth-order valence-corrected chi connectivity index (χ4v) is 3.76. The molecule has 0 aromatic heterocycles. The van der Waals surface area contributed by atoms with Crippen molar-refractivity contribution in [1.29, 1.82) is 0 Å². The number of carbonyl (C=O) groups excluding carboxylic acids is 3. The van der Waals surface area contributed by atoms with Crippen LogP contribution in [0.15, 0.2) is 30.3 Å². The molecule has 0 radical (unpaired) electrons. The third-order valence-corrected chi connectivity index (χ3v) is 5.66. The molecule has 166 valence electrons. The van der Waals surface area contributed by atoms with Crippen molar-refractivity contribution in [3.05, 3.63) is 35.9 Å². The van der Waals surface area contributed by atoms with Crippen molar-refractivity contribution in [2.45, 2.75) is 70.9 Å². The number of rotatable bonds is 9. The lowest BCUT2D eigenvalue weighted by molar-refractivity contribution is -0.143. The number of nitrogens with zero attached hydrogens (tertiary/aromatic N) is 1. The third-order valence-electron chi connectivity index (χ3n) is 5.66. The van der Waals surface area contributed by atoms with Gasteiger partial charge in [0.25, 0.3) is 0 Å². The average molecular weight is 420 g/mol. The van der Waals surface area contributed by atoms with Gasteiger partial charge < -0.3 is 25.7 Å². The molecule has 0 unspecified atom stereocenters. The molecule has 4 atom stereocenters. The molecule has 8 nitrogen and oxygen atoms in total. The zero-order valence-corrected chi connectivity index (χ0v) is 17.9. The van der Waals surface area contributed by atoms with Gasteiger partial charge in [0.05, 0.1) is 6.04 Å². The number of hydrogen-bond acceptors (Lipinski definition) is 5. The van der Waals surface area contributed by atoms with Crippen molar-refractivity contribution in [2.75, 3.05) is 6.54 Å². The monoisotopic (exact) mass is 419 g/mol. The first-order valence-corrected chi connectivity index (χ1v) is 10.5. The minimum atomic E-state index is -1.73. The summed E-state index contributed by atoms with van der Waals surface area (Å²) in [5, 5.41) is 24.9. The summed E-state index contributed by atoms with van der Waals surface area (Å²) in [6, 6.07) is 6.95. The average Bonchev–Trinajstić information content (AvgIpc) is 3.21. The van der Waals surface area contributed by atoms with Crippen LogP contribution in [0, 0.1) is 5.92 Å². The number of carbonyl (C=O) groups is 3. The van der Waals surface area contributed by atoms with Crippen LogP contribution in [0.5, 0.6) is 0 Å². The topological polar surface area (TPSA) is 119 Å². The van der Waals surface area contributed by atoms with E-state index in [1.165, 1.54) is 11.8 Å². The third kappa shape index (κ3) is 6.27. The number of nitrogens with one attached hydrogen (secondary N) is 2. The molecule has 0 aliphatic carbocycles. The molecular weight excluding hydrogens is 386 g/mol. The Morgan fingerprint density at radius 3 is 2.40 bits per heavy atom. The summed E-state index contributed by atoms with van der Waals surface area (Å²) in [4.78, 5) is 39.2. The number of benzene rings is 1. The molecule has 30 heavy (non-hydrogen) atoms. The van der Waals surface area contributed by atoms with Crippen molar-refractivity contribution >= 4 is 17.7 Å². The van der Waals surface area contributed by atoms with Crippen molar-refractivity contribution in [3.63, 3.8) is 0 Å². The highest BCUT2D eigenvalue weighted by atomic mass is 16.5. The van der Waals surface area contributed by atoms with Gasteiger partial charge in [-0.05, 0) is 30.7 Å². The molecule has 0 saturated carbocycles. The molecule has 3 amide bonds. The standard InChI is InChI=1S/C22H33N3O5/c1-4-14(2)19(23-15(3)26)21(28)25-12-8-11-18(25)20(27)24-17(22(29)30)13-16-9-6-5-7-10-16/h5-7,9-10,14,17-19,22,29-30H,4,8,11-13H2,1-3H3,(H,23,26)(H,24,27)/t14-,17-,18-,19-/m0/s1. The Balaban J connectivity index is 2.11. The maximum absolute atomic E-state index is 13.1. The first-order valence-electron chi connectivity index (χ1n) is 10.5. The van der Waals surface area contributed by atoms with E-state index in [4.69, 9.17) is 0 Å².